The third-order valence-corrected chi connectivity index (χ3v) is 10.2. The number of carbonyl (C=O) groups excluding carboxylic acids is 3. The molecule has 2 aromatic carbocycles. The molecule has 4 heterocycles. The van der Waals surface area contributed by atoms with E-state index in [0.29, 0.717) is 62.0 Å². The van der Waals surface area contributed by atoms with E-state index >= 15 is 8.78 Å². The number of benzene rings is 2. The number of urea groups is 1. The normalized spacial score (nSPS) is 24.7. The summed E-state index contributed by atoms with van der Waals surface area (Å²) in [6, 6.07) is 13.4. The van der Waals surface area contributed by atoms with Crippen LogP contribution in [0.2, 0.25) is 5.02 Å². The van der Waals surface area contributed by atoms with Crippen molar-refractivity contribution in [1.29, 1.82) is 0 Å². The Morgan fingerprint density at radius 2 is 1.63 bits per heavy atom. The van der Waals surface area contributed by atoms with E-state index in [2.05, 4.69) is 5.32 Å². The van der Waals surface area contributed by atoms with Gasteiger partial charge in [0.05, 0.1) is 23.3 Å². The molecular formula is C32H38ClF2N5O3. The smallest absolute Gasteiger partial charge is 0.328 e. The van der Waals surface area contributed by atoms with Crippen LogP contribution in [0.5, 0.6) is 0 Å². The lowest BCUT2D eigenvalue weighted by atomic mass is 9.70. The number of amides is 4. The highest BCUT2D eigenvalue weighted by Crippen LogP contribution is 2.44. The van der Waals surface area contributed by atoms with Crippen molar-refractivity contribution in [2.45, 2.75) is 57.0 Å². The maximum absolute atomic E-state index is 15.4. The largest absolute Gasteiger partial charge is 0.339 e. The van der Waals surface area contributed by atoms with Gasteiger partial charge >= 0.3 is 6.03 Å². The highest BCUT2D eigenvalue weighted by Gasteiger charge is 2.49. The number of nitrogens with zero attached hydrogens (tertiary/aromatic N) is 4. The number of likely N-dealkylation sites (tertiary alicyclic amines) is 3. The molecule has 1 spiro atoms. The zero-order valence-corrected chi connectivity index (χ0v) is 25.0. The summed E-state index contributed by atoms with van der Waals surface area (Å²) in [5.41, 5.74) is 1.97. The molecule has 0 saturated carbocycles. The van der Waals surface area contributed by atoms with Crippen molar-refractivity contribution in [3.8, 4) is 0 Å². The summed E-state index contributed by atoms with van der Waals surface area (Å²) in [6.45, 7) is 3.73. The predicted octanol–water partition coefficient (Wildman–Crippen LogP) is 5.01. The van der Waals surface area contributed by atoms with Crippen molar-refractivity contribution in [2.24, 2.45) is 5.41 Å². The molecule has 230 valence electrons. The summed E-state index contributed by atoms with van der Waals surface area (Å²) in [5.74, 6) is -3.22. The number of carbonyl (C=O) groups is 3. The molecule has 2 aromatic rings. The van der Waals surface area contributed by atoms with Crippen molar-refractivity contribution >= 4 is 35.1 Å². The summed E-state index contributed by atoms with van der Waals surface area (Å²) in [7, 11) is 0. The molecule has 1 unspecified atom stereocenters. The number of piperidine rings is 3. The van der Waals surface area contributed by atoms with Gasteiger partial charge in [-0.2, -0.15) is 0 Å². The minimum Gasteiger partial charge on any atom is -0.339 e. The monoisotopic (exact) mass is 613 g/mol. The van der Waals surface area contributed by atoms with Gasteiger partial charge in [0.15, 0.2) is 0 Å². The Kier molecular flexibility index (Phi) is 8.45. The molecule has 0 bridgehead atoms. The van der Waals surface area contributed by atoms with E-state index in [4.69, 9.17) is 11.6 Å². The number of hydrogen-bond donors (Lipinski definition) is 1. The molecule has 1 atom stereocenters. The zero-order valence-electron chi connectivity index (χ0n) is 24.2. The Balaban J connectivity index is 1.02. The first-order chi connectivity index (χ1) is 20.6. The maximum Gasteiger partial charge on any atom is 0.328 e. The summed E-state index contributed by atoms with van der Waals surface area (Å²) in [5, 5.41) is 2.62. The third-order valence-electron chi connectivity index (χ3n) is 9.84. The van der Waals surface area contributed by atoms with Gasteiger partial charge in [-0.3, -0.25) is 29.6 Å². The molecule has 8 nitrogen and oxygen atoms in total. The number of anilines is 1. The van der Waals surface area contributed by atoms with Gasteiger partial charge in [0, 0.05) is 44.7 Å². The van der Waals surface area contributed by atoms with Crippen molar-refractivity contribution in [1.82, 2.24) is 20.0 Å². The van der Waals surface area contributed by atoms with Crippen LogP contribution in [0.25, 0.3) is 0 Å². The van der Waals surface area contributed by atoms with E-state index in [-0.39, 0.29) is 36.7 Å². The molecule has 4 fully saturated rings. The highest BCUT2D eigenvalue weighted by atomic mass is 35.5. The molecule has 4 saturated heterocycles. The van der Waals surface area contributed by atoms with Crippen molar-refractivity contribution in [3.63, 3.8) is 0 Å². The Morgan fingerprint density at radius 3 is 2.30 bits per heavy atom. The van der Waals surface area contributed by atoms with Gasteiger partial charge in [0.2, 0.25) is 5.91 Å². The fraction of sp³-hybridized carbons (Fsp3) is 0.531. The average molecular weight is 614 g/mol. The minimum atomic E-state index is -2.75. The quantitative estimate of drug-likeness (QED) is 0.513. The molecule has 0 aromatic heterocycles. The van der Waals surface area contributed by atoms with E-state index < -0.39 is 18.0 Å². The number of imide groups is 1. The van der Waals surface area contributed by atoms with Gasteiger partial charge in [-0.25, -0.2) is 13.6 Å². The number of alkyl halides is 2. The van der Waals surface area contributed by atoms with Crippen LogP contribution in [0.1, 0.15) is 54.4 Å². The van der Waals surface area contributed by atoms with Gasteiger partial charge in [-0.15, -0.1) is 0 Å². The van der Waals surface area contributed by atoms with Crippen LogP contribution in [-0.2, 0) is 11.3 Å². The van der Waals surface area contributed by atoms with Crippen LogP contribution < -0.4 is 10.2 Å². The summed E-state index contributed by atoms with van der Waals surface area (Å²) in [4.78, 5) is 44.4. The SMILES string of the molecule is O=C1CCN(c2cc(C(=O)N3CCC4(CC3)CCN(C3CCN(Cc5ccccc5)CC3(F)F)CC4)ccc2Cl)C(=O)N1. The highest BCUT2D eigenvalue weighted by molar-refractivity contribution is 6.34. The van der Waals surface area contributed by atoms with Crippen LogP contribution in [0.4, 0.5) is 19.3 Å². The standard InChI is InChI=1S/C32H38ClF2N5O3/c33-25-7-6-24(20-26(25)40-15-9-28(41)36-30(40)43)29(42)39-18-12-31(13-19-39)10-16-38(17-11-31)27-8-14-37(22-32(27,34)35)21-23-4-2-1-3-5-23/h1-7,20,27H,8-19,21-22H2,(H,36,41,43). The lowest BCUT2D eigenvalue weighted by Crippen LogP contribution is -2.60. The Morgan fingerprint density at radius 1 is 0.930 bits per heavy atom. The lowest BCUT2D eigenvalue weighted by Gasteiger charge is -2.51. The second kappa shape index (κ2) is 12.1. The average Bonchev–Trinajstić information content (AvgIpc) is 2.99. The van der Waals surface area contributed by atoms with Gasteiger partial charge < -0.3 is 4.90 Å². The van der Waals surface area contributed by atoms with Gasteiger partial charge in [-0.1, -0.05) is 41.9 Å². The van der Waals surface area contributed by atoms with Crippen LogP contribution >= 0.6 is 11.6 Å². The predicted molar refractivity (Wildman–Crippen MR) is 160 cm³/mol. The Hall–Kier alpha value is -3.08. The fourth-order valence-electron chi connectivity index (χ4n) is 7.25. The molecule has 0 aliphatic carbocycles. The number of hydrogen-bond acceptors (Lipinski definition) is 5. The Labute approximate surface area is 255 Å². The van der Waals surface area contributed by atoms with Crippen molar-refractivity contribution in [3.05, 3.63) is 64.7 Å². The van der Waals surface area contributed by atoms with E-state index in [9.17, 15) is 14.4 Å². The Bertz CT molecular complexity index is 1360. The van der Waals surface area contributed by atoms with Crippen LogP contribution in [0, 0.1) is 5.41 Å². The maximum atomic E-state index is 15.4. The zero-order chi connectivity index (χ0) is 30.2. The van der Waals surface area contributed by atoms with Crippen LogP contribution in [0.15, 0.2) is 48.5 Å². The first kappa shape index (κ1) is 30.0. The van der Waals surface area contributed by atoms with Crippen LogP contribution in [0.3, 0.4) is 0 Å². The summed E-state index contributed by atoms with van der Waals surface area (Å²) >= 11 is 6.36. The summed E-state index contributed by atoms with van der Waals surface area (Å²) < 4.78 is 30.8. The molecule has 43 heavy (non-hydrogen) atoms. The molecule has 4 amide bonds. The van der Waals surface area contributed by atoms with E-state index in [1.807, 2.05) is 45.0 Å². The first-order valence-electron chi connectivity index (χ1n) is 15.2. The third kappa shape index (κ3) is 6.42. The lowest BCUT2D eigenvalue weighted by molar-refractivity contribution is -0.139. The molecule has 1 N–H and O–H groups in total. The molecule has 11 heteroatoms. The molecule has 4 aliphatic heterocycles. The second-order valence-corrected chi connectivity index (χ2v) is 12.9. The van der Waals surface area contributed by atoms with Crippen molar-refractivity contribution in [2.75, 3.05) is 50.7 Å². The number of nitrogens with one attached hydrogen (secondary N) is 1. The fourth-order valence-corrected chi connectivity index (χ4v) is 7.47. The van der Waals surface area contributed by atoms with E-state index in [0.717, 1.165) is 31.2 Å². The minimum absolute atomic E-state index is 0.0696. The van der Waals surface area contributed by atoms with Gasteiger partial charge in [-0.05, 0) is 74.4 Å². The van der Waals surface area contributed by atoms with Gasteiger partial charge in [0.1, 0.15) is 0 Å². The van der Waals surface area contributed by atoms with E-state index in [1.54, 1.807) is 18.2 Å². The molecular weight excluding hydrogens is 576 g/mol. The van der Waals surface area contributed by atoms with E-state index in [1.165, 1.54) is 4.90 Å². The number of halogens is 3. The topological polar surface area (TPSA) is 76.2 Å². The van der Waals surface area contributed by atoms with Crippen LogP contribution in [-0.4, -0.2) is 90.3 Å². The molecule has 6 rings (SSSR count). The molecule has 0 radical (unpaired) electrons. The second-order valence-electron chi connectivity index (χ2n) is 12.5. The summed E-state index contributed by atoms with van der Waals surface area (Å²) in [6.07, 6.45) is 4.04. The number of rotatable bonds is 5. The first-order valence-corrected chi connectivity index (χ1v) is 15.6. The van der Waals surface area contributed by atoms with Crippen molar-refractivity contribution < 1.29 is 23.2 Å². The molecule has 4 aliphatic rings. The van der Waals surface area contributed by atoms with Gasteiger partial charge in [0.25, 0.3) is 11.8 Å².